The van der Waals surface area contributed by atoms with E-state index in [0.29, 0.717) is 19.1 Å². The van der Waals surface area contributed by atoms with Crippen LogP contribution in [0.2, 0.25) is 0 Å². The van der Waals surface area contributed by atoms with E-state index >= 15 is 0 Å². The van der Waals surface area contributed by atoms with E-state index in [0.717, 1.165) is 16.5 Å². The van der Waals surface area contributed by atoms with Gasteiger partial charge in [-0.25, -0.2) is 4.98 Å². The van der Waals surface area contributed by atoms with Gasteiger partial charge in [0.2, 0.25) is 0 Å². The van der Waals surface area contributed by atoms with Crippen molar-refractivity contribution in [1.29, 1.82) is 0 Å². The molecule has 0 spiro atoms. The molecule has 3 nitrogen and oxygen atoms in total. The molecule has 0 unspecified atom stereocenters. The lowest BCUT2D eigenvalue weighted by Gasteiger charge is -2.07. The Labute approximate surface area is 112 Å². The van der Waals surface area contributed by atoms with E-state index in [2.05, 4.69) is 31.0 Å². The average molecular weight is 262 g/mol. The van der Waals surface area contributed by atoms with Gasteiger partial charge in [0.15, 0.2) is 0 Å². The molecule has 0 aliphatic heterocycles. The Balaban J connectivity index is 1.93. The predicted octanol–water partition coefficient (Wildman–Crippen LogP) is 3.30. The van der Waals surface area contributed by atoms with Gasteiger partial charge in [-0.05, 0) is 23.6 Å². The molecule has 0 aliphatic rings. The van der Waals surface area contributed by atoms with Crippen LogP contribution in [0, 0.1) is 0 Å². The Bertz CT molecular complexity index is 491. The highest BCUT2D eigenvalue weighted by Gasteiger charge is 2.03. The monoisotopic (exact) mass is 262 g/mol. The Morgan fingerprint density at radius 3 is 2.56 bits per heavy atom. The fraction of sp³-hybridized carbons (Fsp3) is 0.357. The van der Waals surface area contributed by atoms with Crippen molar-refractivity contribution in [3.05, 3.63) is 45.9 Å². The third kappa shape index (κ3) is 3.31. The van der Waals surface area contributed by atoms with Gasteiger partial charge in [0.05, 0.1) is 5.69 Å². The Kier molecular flexibility index (Phi) is 4.33. The van der Waals surface area contributed by atoms with Crippen LogP contribution in [0.4, 0.5) is 0 Å². The summed E-state index contributed by atoms with van der Waals surface area (Å²) in [6.07, 6.45) is 0. The van der Waals surface area contributed by atoms with E-state index in [4.69, 9.17) is 10.5 Å². The standard InChI is InChI=1S/C14H18N2OS/c1-10(2)11-3-5-13(6-4-11)17-8-12-9-18-14(7-15)16-12/h3-6,9-10H,7-8,15H2,1-2H3. The van der Waals surface area contributed by atoms with E-state index in [1.54, 1.807) is 11.3 Å². The fourth-order valence-electron chi connectivity index (χ4n) is 1.62. The lowest BCUT2D eigenvalue weighted by atomic mass is 10.0. The first-order valence-corrected chi connectivity index (χ1v) is 6.93. The zero-order chi connectivity index (χ0) is 13.0. The fourth-order valence-corrected chi connectivity index (χ4v) is 2.27. The van der Waals surface area contributed by atoms with Crippen LogP contribution >= 0.6 is 11.3 Å². The summed E-state index contributed by atoms with van der Waals surface area (Å²) < 4.78 is 5.69. The van der Waals surface area contributed by atoms with Crippen molar-refractivity contribution < 1.29 is 4.74 Å². The molecular formula is C14H18N2OS. The van der Waals surface area contributed by atoms with Gasteiger partial charge in [-0.2, -0.15) is 0 Å². The van der Waals surface area contributed by atoms with Gasteiger partial charge in [0.25, 0.3) is 0 Å². The molecule has 18 heavy (non-hydrogen) atoms. The summed E-state index contributed by atoms with van der Waals surface area (Å²) in [7, 11) is 0. The Morgan fingerprint density at radius 2 is 2.00 bits per heavy atom. The molecule has 0 atom stereocenters. The first-order valence-electron chi connectivity index (χ1n) is 6.05. The molecule has 96 valence electrons. The molecule has 0 aliphatic carbocycles. The van der Waals surface area contributed by atoms with Crippen LogP contribution in [0.25, 0.3) is 0 Å². The van der Waals surface area contributed by atoms with Crippen LogP contribution < -0.4 is 10.5 Å². The van der Waals surface area contributed by atoms with Crippen molar-refractivity contribution in [2.75, 3.05) is 0 Å². The first-order chi connectivity index (χ1) is 8.69. The predicted molar refractivity (Wildman–Crippen MR) is 74.9 cm³/mol. The molecule has 0 saturated carbocycles. The van der Waals surface area contributed by atoms with Gasteiger partial charge >= 0.3 is 0 Å². The summed E-state index contributed by atoms with van der Waals surface area (Å²) in [5.41, 5.74) is 7.78. The molecule has 2 rings (SSSR count). The number of benzene rings is 1. The summed E-state index contributed by atoms with van der Waals surface area (Å²) in [6.45, 7) is 5.35. The van der Waals surface area contributed by atoms with Crippen LogP contribution in [-0.2, 0) is 13.2 Å². The number of hydrogen-bond donors (Lipinski definition) is 1. The zero-order valence-corrected chi connectivity index (χ0v) is 11.5. The molecule has 1 heterocycles. The molecule has 0 saturated heterocycles. The second-order valence-corrected chi connectivity index (χ2v) is 5.39. The normalized spacial score (nSPS) is 10.9. The SMILES string of the molecule is CC(C)c1ccc(OCc2csc(CN)n2)cc1. The minimum atomic E-state index is 0.494. The van der Waals surface area contributed by atoms with Gasteiger partial charge in [-0.15, -0.1) is 11.3 Å². The Hall–Kier alpha value is -1.39. The highest BCUT2D eigenvalue weighted by molar-refractivity contribution is 7.09. The van der Waals surface area contributed by atoms with Crippen molar-refractivity contribution in [1.82, 2.24) is 4.98 Å². The van der Waals surface area contributed by atoms with Crippen LogP contribution in [0.5, 0.6) is 5.75 Å². The lowest BCUT2D eigenvalue weighted by Crippen LogP contribution is -1.99. The average Bonchev–Trinajstić information content (AvgIpc) is 2.85. The van der Waals surface area contributed by atoms with Crippen LogP contribution in [0.3, 0.4) is 0 Å². The molecule has 0 amide bonds. The van der Waals surface area contributed by atoms with Crippen molar-refractivity contribution in [2.24, 2.45) is 5.73 Å². The summed E-state index contributed by atoms with van der Waals surface area (Å²) in [5.74, 6) is 1.42. The molecule has 0 bridgehead atoms. The number of aromatic nitrogens is 1. The van der Waals surface area contributed by atoms with Crippen LogP contribution in [0.1, 0.15) is 36.0 Å². The molecule has 1 aromatic carbocycles. The smallest absolute Gasteiger partial charge is 0.131 e. The van der Waals surface area contributed by atoms with Gasteiger partial charge in [0.1, 0.15) is 17.4 Å². The van der Waals surface area contributed by atoms with Crippen LogP contribution in [-0.4, -0.2) is 4.98 Å². The number of nitrogens with zero attached hydrogens (tertiary/aromatic N) is 1. The highest BCUT2D eigenvalue weighted by Crippen LogP contribution is 2.19. The largest absolute Gasteiger partial charge is 0.487 e. The molecule has 4 heteroatoms. The second kappa shape index (κ2) is 5.98. The van der Waals surface area contributed by atoms with E-state index in [9.17, 15) is 0 Å². The topological polar surface area (TPSA) is 48.1 Å². The molecular weight excluding hydrogens is 244 g/mol. The summed E-state index contributed by atoms with van der Waals surface area (Å²) in [6, 6.07) is 8.22. The van der Waals surface area contributed by atoms with E-state index in [1.165, 1.54) is 5.56 Å². The third-order valence-electron chi connectivity index (χ3n) is 2.71. The number of hydrogen-bond acceptors (Lipinski definition) is 4. The van der Waals surface area contributed by atoms with Gasteiger partial charge in [-0.3, -0.25) is 0 Å². The van der Waals surface area contributed by atoms with E-state index < -0.39 is 0 Å². The highest BCUT2D eigenvalue weighted by atomic mass is 32.1. The maximum absolute atomic E-state index is 5.69. The lowest BCUT2D eigenvalue weighted by molar-refractivity contribution is 0.302. The van der Waals surface area contributed by atoms with Crippen molar-refractivity contribution in [3.8, 4) is 5.75 Å². The summed E-state index contributed by atoms with van der Waals surface area (Å²) in [5, 5.41) is 2.94. The number of ether oxygens (including phenoxy) is 1. The minimum absolute atomic E-state index is 0.494. The van der Waals surface area contributed by atoms with E-state index in [1.807, 2.05) is 17.5 Å². The quantitative estimate of drug-likeness (QED) is 0.899. The zero-order valence-electron chi connectivity index (χ0n) is 10.7. The first kappa shape index (κ1) is 13.1. The van der Waals surface area contributed by atoms with Crippen molar-refractivity contribution >= 4 is 11.3 Å². The van der Waals surface area contributed by atoms with E-state index in [-0.39, 0.29) is 0 Å². The molecule has 0 radical (unpaired) electrons. The van der Waals surface area contributed by atoms with Gasteiger partial charge in [0, 0.05) is 11.9 Å². The maximum Gasteiger partial charge on any atom is 0.131 e. The Morgan fingerprint density at radius 1 is 1.28 bits per heavy atom. The number of rotatable bonds is 5. The minimum Gasteiger partial charge on any atom is -0.487 e. The summed E-state index contributed by atoms with van der Waals surface area (Å²) >= 11 is 1.57. The van der Waals surface area contributed by atoms with Crippen molar-refractivity contribution in [2.45, 2.75) is 32.9 Å². The number of nitrogens with two attached hydrogens (primary N) is 1. The van der Waals surface area contributed by atoms with Crippen molar-refractivity contribution in [3.63, 3.8) is 0 Å². The van der Waals surface area contributed by atoms with Gasteiger partial charge < -0.3 is 10.5 Å². The summed E-state index contributed by atoms with van der Waals surface area (Å²) in [4.78, 5) is 4.36. The van der Waals surface area contributed by atoms with Crippen LogP contribution in [0.15, 0.2) is 29.6 Å². The molecule has 2 aromatic rings. The second-order valence-electron chi connectivity index (χ2n) is 4.45. The maximum atomic E-state index is 5.69. The molecule has 1 aromatic heterocycles. The third-order valence-corrected chi connectivity index (χ3v) is 3.63. The molecule has 0 fully saturated rings. The number of thiazole rings is 1. The van der Waals surface area contributed by atoms with Gasteiger partial charge in [-0.1, -0.05) is 26.0 Å². The molecule has 2 N–H and O–H groups in total.